The van der Waals surface area contributed by atoms with Crippen LogP contribution < -0.4 is 5.32 Å². The third-order valence-corrected chi connectivity index (χ3v) is 2.61. The predicted octanol–water partition coefficient (Wildman–Crippen LogP) is 3.74. The molecule has 1 unspecified atom stereocenters. The van der Waals surface area contributed by atoms with E-state index in [0.29, 0.717) is 12.0 Å². The quantitative estimate of drug-likeness (QED) is 0.872. The third kappa shape index (κ3) is 3.14. The number of furan rings is 1. The number of nitrogens with one attached hydrogen (secondary N) is 1. The third-order valence-electron chi connectivity index (χ3n) is 2.18. The van der Waals surface area contributed by atoms with E-state index in [1.165, 1.54) is 0 Å². The van der Waals surface area contributed by atoms with Gasteiger partial charge in [-0.2, -0.15) is 0 Å². The predicted molar refractivity (Wildman–Crippen MR) is 62.3 cm³/mol. The molecule has 3 heteroatoms. The molecule has 0 aromatic carbocycles. The average molecular weight is 260 g/mol. The van der Waals surface area contributed by atoms with E-state index < -0.39 is 0 Å². The molecule has 1 aromatic heterocycles. The molecule has 0 saturated heterocycles. The van der Waals surface area contributed by atoms with E-state index in [9.17, 15) is 0 Å². The Labute approximate surface area is 94.2 Å². The van der Waals surface area contributed by atoms with Crippen LogP contribution in [0.1, 0.15) is 39.0 Å². The van der Waals surface area contributed by atoms with Gasteiger partial charge in [-0.1, -0.05) is 20.8 Å². The maximum Gasteiger partial charge on any atom is 0.169 e. The molecule has 0 radical (unpaired) electrons. The molecule has 14 heavy (non-hydrogen) atoms. The second kappa shape index (κ2) is 5.56. The summed E-state index contributed by atoms with van der Waals surface area (Å²) in [6.07, 6.45) is 1.14. The first-order valence-corrected chi connectivity index (χ1v) is 5.93. The van der Waals surface area contributed by atoms with E-state index in [-0.39, 0.29) is 0 Å². The number of hydrogen-bond acceptors (Lipinski definition) is 2. The molecule has 0 spiro atoms. The fraction of sp³-hybridized carbons (Fsp3) is 0.636. The Kier molecular flexibility index (Phi) is 4.69. The second-order valence-corrected chi connectivity index (χ2v) is 4.60. The summed E-state index contributed by atoms with van der Waals surface area (Å²) in [5.41, 5.74) is 0. The van der Waals surface area contributed by atoms with Gasteiger partial charge < -0.3 is 9.73 Å². The average Bonchev–Trinajstić information content (AvgIpc) is 2.52. The minimum atomic E-state index is 0.321. The van der Waals surface area contributed by atoms with Crippen molar-refractivity contribution in [1.82, 2.24) is 5.32 Å². The van der Waals surface area contributed by atoms with Crippen LogP contribution in [-0.4, -0.2) is 6.54 Å². The Morgan fingerprint density at radius 1 is 1.43 bits per heavy atom. The molecular weight excluding hydrogens is 242 g/mol. The van der Waals surface area contributed by atoms with Gasteiger partial charge in [0.05, 0.1) is 6.04 Å². The first-order valence-electron chi connectivity index (χ1n) is 5.13. The number of rotatable bonds is 5. The Morgan fingerprint density at radius 3 is 2.57 bits per heavy atom. The zero-order valence-electron chi connectivity index (χ0n) is 9.01. The summed E-state index contributed by atoms with van der Waals surface area (Å²) in [5, 5.41) is 3.48. The highest BCUT2D eigenvalue weighted by atomic mass is 79.9. The topological polar surface area (TPSA) is 25.2 Å². The van der Waals surface area contributed by atoms with Gasteiger partial charge >= 0.3 is 0 Å². The second-order valence-electron chi connectivity index (χ2n) is 3.82. The van der Waals surface area contributed by atoms with Gasteiger partial charge in [-0.25, -0.2) is 0 Å². The fourth-order valence-corrected chi connectivity index (χ4v) is 1.78. The molecule has 0 aliphatic rings. The standard InChI is InChI=1S/C11H18BrNO/c1-4-7-13-11(8(2)3)9-5-6-10(12)14-9/h5-6,8,11,13H,4,7H2,1-3H3. The van der Waals surface area contributed by atoms with Gasteiger partial charge in [-0.05, 0) is 46.9 Å². The lowest BCUT2D eigenvalue weighted by molar-refractivity contribution is 0.336. The molecular formula is C11H18BrNO. The molecule has 1 heterocycles. The van der Waals surface area contributed by atoms with Gasteiger partial charge in [0, 0.05) is 0 Å². The van der Waals surface area contributed by atoms with Crippen molar-refractivity contribution in [3.05, 3.63) is 22.6 Å². The lowest BCUT2D eigenvalue weighted by Gasteiger charge is -2.19. The van der Waals surface area contributed by atoms with Crippen molar-refractivity contribution in [1.29, 1.82) is 0 Å². The van der Waals surface area contributed by atoms with E-state index >= 15 is 0 Å². The molecule has 1 atom stereocenters. The Morgan fingerprint density at radius 2 is 2.14 bits per heavy atom. The van der Waals surface area contributed by atoms with Gasteiger partial charge in [-0.15, -0.1) is 0 Å². The van der Waals surface area contributed by atoms with Crippen molar-refractivity contribution >= 4 is 15.9 Å². The first kappa shape index (κ1) is 11.8. The van der Waals surface area contributed by atoms with Crippen LogP contribution in [0.5, 0.6) is 0 Å². The maximum atomic E-state index is 5.56. The molecule has 80 valence electrons. The summed E-state index contributed by atoms with van der Waals surface area (Å²) in [6.45, 7) is 7.59. The molecule has 2 nitrogen and oxygen atoms in total. The van der Waals surface area contributed by atoms with Crippen molar-refractivity contribution in [2.45, 2.75) is 33.2 Å². The molecule has 0 bridgehead atoms. The molecule has 0 fully saturated rings. The fourth-order valence-electron chi connectivity index (χ4n) is 1.46. The Balaban J connectivity index is 2.67. The van der Waals surface area contributed by atoms with E-state index in [0.717, 1.165) is 23.4 Å². The van der Waals surface area contributed by atoms with Crippen LogP contribution in [0.15, 0.2) is 21.2 Å². The van der Waals surface area contributed by atoms with Gasteiger partial charge in [0.2, 0.25) is 0 Å². The summed E-state index contributed by atoms with van der Waals surface area (Å²) in [7, 11) is 0. The lowest BCUT2D eigenvalue weighted by Crippen LogP contribution is -2.25. The summed E-state index contributed by atoms with van der Waals surface area (Å²) in [5.74, 6) is 1.56. The van der Waals surface area contributed by atoms with Crippen LogP contribution in [0.4, 0.5) is 0 Å². The normalized spacial score (nSPS) is 13.5. The Bertz CT molecular complexity index is 270. The highest BCUT2D eigenvalue weighted by molar-refractivity contribution is 9.10. The zero-order valence-corrected chi connectivity index (χ0v) is 10.6. The zero-order chi connectivity index (χ0) is 10.6. The van der Waals surface area contributed by atoms with Crippen molar-refractivity contribution in [3.63, 3.8) is 0 Å². The van der Waals surface area contributed by atoms with Crippen molar-refractivity contribution in [2.24, 2.45) is 5.92 Å². The van der Waals surface area contributed by atoms with Gasteiger partial charge in [0.1, 0.15) is 5.76 Å². The van der Waals surface area contributed by atoms with Crippen LogP contribution in [0.3, 0.4) is 0 Å². The largest absolute Gasteiger partial charge is 0.453 e. The number of halogens is 1. The van der Waals surface area contributed by atoms with Crippen LogP contribution in [0, 0.1) is 5.92 Å². The van der Waals surface area contributed by atoms with E-state index in [1.807, 2.05) is 12.1 Å². The Hall–Kier alpha value is -0.280. The highest BCUT2D eigenvalue weighted by Crippen LogP contribution is 2.25. The molecule has 0 saturated carbocycles. The summed E-state index contributed by atoms with van der Waals surface area (Å²) < 4.78 is 6.36. The van der Waals surface area contributed by atoms with Crippen LogP contribution >= 0.6 is 15.9 Å². The van der Waals surface area contributed by atoms with E-state index in [4.69, 9.17) is 4.42 Å². The van der Waals surface area contributed by atoms with Crippen molar-refractivity contribution in [2.75, 3.05) is 6.54 Å². The maximum absolute atomic E-state index is 5.56. The number of hydrogen-bond donors (Lipinski definition) is 1. The van der Waals surface area contributed by atoms with Crippen molar-refractivity contribution in [3.8, 4) is 0 Å². The SMILES string of the molecule is CCCNC(c1ccc(Br)o1)C(C)C. The molecule has 1 rings (SSSR count). The molecule has 0 aliphatic carbocycles. The van der Waals surface area contributed by atoms with Crippen molar-refractivity contribution < 1.29 is 4.42 Å². The smallest absolute Gasteiger partial charge is 0.169 e. The molecule has 0 aliphatic heterocycles. The molecule has 0 amide bonds. The highest BCUT2D eigenvalue weighted by Gasteiger charge is 2.17. The minimum absolute atomic E-state index is 0.321. The molecule has 1 N–H and O–H groups in total. The van der Waals surface area contributed by atoms with Gasteiger partial charge in [0.15, 0.2) is 4.67 Å². The minimum Gasteiger partial charge on any atom is -0.453 e. The van der Waals surface area contributed by atoms with Gasteiger partial charge in [-0.3, -0.25) is 0 Å². The van der Waals surface area contributed by atoms with E-state index in [1.54, 1.807) is 0 Å². The summed E-state index contributed by atoms with van der Waals surface area (Å²) >= 11 is 3.32. The van der Waals surface area contributed by atoms with Crippen LogP contribution in [0.25, 0.3) is 0 Å². The summed E-state index contributed by atoms with van der Waals surface area (Å²) in [4.78, 5) is 0. The lowest BCUT2D eigenvalue weighted by atomic mass is 10.0. The van der Waals surface area contributed by atoms with Gasteiger partial charge in [0.25, 0.3) is 0 Å². The monoisotopic (exact) mass is 259 g/mol. The summed E-state index contributed by atoms with van der Waals surface area (Å²) in [6, 6.07) is 4.29. The van der Waals surface area contributed by atoms with Crippen LogP contribution in [0.2, 0.25) is 0 Å². The molecule has 1 aromatic rings. The van der Waals surface area contributed by atoms with E-state index in [2.05, 4.69) is 42.0 Å². The first-order chi connectivity index (χ1) is 6.65. The van der Waals surface area contributed by atoms with Crippen LogP contribution in [-0.2, 0) is 0 Å².